The van der Waals surface area contributed by atoms with Crippen molar-refractivity contribution >= 4 is 29.7 Å². The molecule has 0 aromatic heterocycles. The highest BCUT2D eigenvalue weighted by Gasteiger charge is 2.42. The highest BCUT2D eigenvalue weighted by Crippen LogP contribution is 2.34. The lowest BCUT2D eigenvalue weighted by atomic mass is 9.93. The third-order valence-electron chi connectivity index (χ3n) is 7.40. The number of carbonyl (C=O) groups is 4. The summed E-state index contributed by atoms with van der Waals surface area (Å²) in [6, 6.07) is 6.70. The minimum atomic E-state index is -1.55. The molecule has 2 heterocycles. The van der Waals surface area contributed by atoms with E-state index in [1.54, 1.807) is 19.1 Å². The average molecular weight is 616 g/mol. The molecule has 44 heavy (non-hydrogen) atoms. The Kier molecular flexibility index (Phi) is 10.8. The van der Waals surface area contributed by atoms with Crippen LogP contribution in [0.2, 0.25) is 0 Å². The number of esters is 1. The average Bonchev–Trinajstić information content (AvgIpc) is 3.00. The van der Waals surface area contributed by atoms with Crippen LogP contribution in [0, 0.1) is 11.6 Å². The van der Waals surface area contributed by atoms with E-state index in [-0.39, 0.29) is 43.0 Å². The quantitative estimate of drug-likeness (QED) is 0.221. The Morgan fingerprint density at radius 3 is 2.45 bits per heavy atom. The molecule has 1 atom stereocenters. The van der Waals surface area contributed by atoms with Gasteiger partial charge in [0.25, 0.3) is 0 Å². The minimum Gasteiger partial charge on any atom is -0.478 e. The molecule has 0 spiro atoms. The van der Waals surface area contributed by atoms with Gasteiger partial charge in [-0.05, 0) is 49.6 Å². The zero-order chi connectivity index (χ0) is 31.8. The molecule has 2 aromatic rings. The Balaban J connectivity index is 1.37. The van der Waals surface area contributed by atoms with Crippen molar-refractivity contribution in [1.82, 2.24) is 20.9 Å². The molecule has 2 aromatic carbocycles. The SMILES string of the molecule is CCOC(=O)c1ccccc1N1CCC(NCCNC(=O)N2C(=O)NC(COC)=C(C(=O)O)C2c2ccc(F)c(F)c2)CC1. The van der Waals surface area contributed by atoms with Crippen LogP contribution in [0.1, 0.15) is 41.7 Å². The molecule has 0 radical (unpaired) electrons. The summed E-state index contributed by atoms with van der Waals surface area (Å²) in [5.41, 5.74) is 0.704. The number of hydrogen-bond acceptors (Lipinski definition) is 8. The molecule has 1 fully saturated rings. The maximum atomic E-state index is 14.2. The second kappa shape index (κ2) is 14.8. The number of nitrogens with zero attached hydrogens (tertiary/aromatic N) is 2. The standard InChI is InChI=1S/C30H35F2N5O7/c1-3-44-28(40)20-6-4-5-7-24(20)36-14-10-19(11-15-36)33-12-13-34-29(41)37-26(18-8-9-21(31)22(32)16-18)25(27(38)39)23(17-43-2)35-30(37)42/h4-9,16,19,26,33H,3,10-15,17H2,1-2H3,(H,34,41)(H,35,42)(H,38,39). The normalized spacial score (nSPS) is 17.4. The van der Waals surface area contributed by atoms with Crippen LogP contribution in [0.3, 0.4) is 0 Å². The molecule has 0 bridgehead atoms. The van der Waals surface area contributed by atoms with Crippen molar-refractivity contribution in [3.05, 3.63) is 76.5 Å². The predicted octanol–water partition coefficient (Wildman–Crippen LogP) is 3.16. The van der Waals surface area contributed by atoms with Crippen molar-refractivity contribution < 1.29 is 42.5 Å². The summed E-state index contributed by atoms with van der Waals surface area (Å²) >= 11 is 0. The number of urea groups is 2. The fraction of sp³-hybridized carbons (Fsp3) is 0.400. The zero-order valence-electron chi connectivity index (χ0n) is 24.4. The number of halogens is 2. The smallest absolute Gasteiger partial charge is 0.340 e. The van der Waals surface area contributed by atoms with Crippen molar-refractivity contribution in [3.8, 4) is 0 Å². The number of para-hydroxylation sites is 1. The van der Waals surface area contributed by atoms with Gasteiger partial charge in [-0.15, -0.1) is 0 Å². The first kappa shape index (κ1) is 32.4. The van der Waals surface area contributed by atoms with E-state index >= 15 is 0 Å². The molecule has 14 heteroatoms. The molecule has 0 saturated carbocycles. The number of nitrogens with one attached hydrogen (secondary N) is 3. The summed E-state index contributed by atoms with van der Waals surface area (Å²) in [7, 11) is 1.30. The summed E-state index contributed by atoms with van der Waals surface area (Å²) in [5, 5.41) is 18.3. The van der Waals surface area contributed by atoms with Gasteiger partial charge >= 0.3 is 24.0 Å². The second-order valence-corrected chi connectivity index (χ2v) is 10.2. The van der Waals surface area contributed by atoms with Gasteiger partial charge in [0, 0.05) is 39.3 Å². The Hall–Kier alpha value is -4.56. The van der Waals surface area contributed by atoms with Crippen molar-refractivity contribution in [2.24, 2.45) is 0 Å². The minimum absolute atomic E-state index is 0.0933. The van der Waals surface area contributed by atoms with Crippen LogP contribution in [0.15, 0.2) is 53.7 Å². The van der Waals surface area contributed by atoms with Crippen LogP contribution in [-0.2, 0) is 14.3 Å². The van der Waals surface area contributed by atoms with Gasteiger partial charge in [-0.25, -0.2) is 32.9 Å². The lowest BCUT2D eigenvalue weighted by Crippen LogP contribution is -2.55. The highest BCUT2D eigenvalue weighted by molar-refractivity contribution is 6.01. The number of carboxylic acids is 1. The molecular weight excluding hydrogens is 580 g/mol. The van der Waals surface area contributed by atoms with E-state index in [2.05, 4.69) is 20.9 Å². The molecule has 4 N–H and O–H groups in total. The zero-order valence-corrected chi connectivity index (χ0v) is 24.4. The number of hydrogen-bond donors (Lipinski definition) is 4. The van der Waals surface area contributed by atoms with Gasteiger partial charge in [0.15, 0.2) is 11.6 Å². The molecule has 2 aliphatic rings. The summed E-state index contributed by atoms with van der Waals surface area (Å²) in [6.07, 6.45) is 1.54. The van der Waals surface area contributed by atoms with Crippen LogP contribution < -0.4 is 20.9 Å². The number of rotatable bonds is 11. The van der Waals surface area contributed by atoms with Gasteiger partial charge in [0.05, 0.1) is 35.7 Å². The molecule has 4 rings (SSSR count). The first-order chi connectivity index (χ1) is 21.2. The third-order valence-corrected chi connectivity index (χ3v) is 7.40. The van der Waals surface area contributed by atoms with E-state index in [0.717, 1.165) is 36.7 Å². The van der Waals surface area contributed by atoms with E-state index in [9.17, 15) is 33.1 Å². The number of methoxy groups -OCH3 is 1. The lowest BCUT2D eigenvalue weighted by Gasteiger charge is -2.36. The molecule has 0 aliphatic carbocycles. The monoisotopic (exact) mass is 615 g/mol. The van der Waals surface area contributed by atoms with Crippen LogP contribution in [0.4, 0.5) is 24.1 Å². The number of aliphatic carboxylic acids is 1. The van der Waals surface area contributed by atoms with Gasteiger partial charge in [-0.3, -0.25) is 0 Å². The highest BCUT2D eigenvalue weighted by atomic mass is 19.2. The summed E-state index contributed by atoms with van der Waals surface area (Å²) < 4.78 is 38.0. The lowest BCUT2D eigenvalue weighted by molar-refractivity contribution is -0.133. The Labute approximate surface area is 253 Å². The van der Waals surface area contributed by atoms with Crippen LogP contribution in [0.25, 0.3) is 0 Å². The molecule has 2 aliphatic heterocycles. The van der Waals surface area contributed by atoms with E-state index in [1.807, 2.05) is 12.1 Å². The topological polar surface area (TPSA) is 150 Å². The van der Waals surface area contributed by atoms with Crippen molar-refractivity contribution in [3.63, 3.8) is 0 Å². The van der Waals surface area contributed by atoms with Gasteiger partial charge in [-0.2, -0.15) is 0 Å². The summed E-state index contributed by atoms with van der Waals surface area (Å²) in [6.45, 7) is 3.58. The van der Waals surface area contributed by atoms with Crippen LogP contribution >= 0.6 is 0 Å². The van der Waals surface area contributed by atoms with Gasteiger partial charge < -0.3 is 35.4 Å². The Morgan fingerprint density at radius 1 is 1.07 bits per heavy atom. The first-order valence-corrected chi connectivity index (χ1v) is 14.2. The van der Waals surface area contributed by atoms with E-state index in [0.29, 0.717) is 30.1 Å². The number of anilines is 1. The molecular formula is C30H35F2N5O7. The number of carboxylic acid groups (broad SMARTS) is 1. The number of imide groups is 1. The Morgan fingerprint density at radius 2 is 1.80 bits per heavy atom. The van der Waals surface area contributed by atoms with Gasteiger partial charge in [0.2, 0.25) is 0 Å². The van der Waals surface area contributed by atoms with E-state index in [4.69, 9.17) is 9.47 Å². The van der Waals surface area contributed by atoms with Gasteiger partial charge in [-0.1, -0.05) is 18.2 Å². The summed E-state index contributed by atoms with van der Waals surface area (Å²) in [4.78, 5) is 53.6. The van der Waals surface area contributed by atoms with Crippen molar-refractivity contribution in [2.75, 3.05) is 51.4 Å². The molecule has 236 valence electrons. The number of carbonyl (C=O) groups excluding carboxylic acids is 3. The van der Waals surface area contributed by atoms with E-state index in [1.165, 1.54) is 7.11 Å². The van der Waals surface area contributed by atoms with Gasteiger partial charge in [0.1, 0.15) is 6.04 Å². The largest absolute Gasteiger partial charge is 0.478 e. The first-order valence-electron chi connectivity index (χ1n) is 14.2. The predicted molar refractivity (Wildman–Crippen MR) is 155 cm³/mol. The van der Waals surface area contributed by atoms with E-state index < -0.39 is 41.3 Å². The molecule has 1 saturated heterocycles. The van der Waals surface area contributed by atoms with Crippen LogP contribution in [-0.4, -0.2) is 86.6 Å². The number of amides is 4. The molecule has 1 unspecified atom stereocenters. The molecule has 12 nitrogen and oxygen atoms in total. The number of benzene rings is 2. The second-order valence-electron chi connectivity index (χ2n) is 10.2. The Bertz CT molecular complexity index is 1430. The number of ether oxygens (including phenoxy) is 2. The van der Waals surface area contributed by atoms with Crippen molar-refractivity contribution in [1.29, 1.82) is 0 Å². The van der Waals surface area contributed by atoms with Crippen LogP contribution in [0.5, 0.6) is 0 Å². The fourth-order valence-electron chi connectivity index (χ4n) is 5.37. The van der Waals surface area contributed by atoms with Crippen molar-refractivity contribution in [2.45, 2.75) is 31.8 Å². The summed E-state index contributed by atoms with van der Waals surface area (Å²) in [5.74, 6) is -4.26. The number of piperidine rings is 1. The maximum absolute atomic E-state index is 14.2. The fourth-order valence-corrected chi connectivity index (χ4v) is 5.37. The molecule has 4 amide bonds. The maximum Gasteiger partial charge on any atom is 0.340 e. The third kappa shape index (κ3) is 7.32.